The first kappa shape index (κ1) is 22.6. The van der Waals surface area contributed by atoms with Crippen molar-refractivity contribution in [2.75, 3.05) is 0 Å². The van der Waals surface area contributed by atoms with E-state index in [-0.39, 0.29) is 12.2 Å². The van der Waals surface area contributed by atoms with E-state index in [4.69, 9.17) is 18.6 Å². The van der Waals surface area contributed by atoms with E-state index in [1.54, 1.807) is 0 Å². The second-order valence-corrected chi connectivity index (χ2v) is 7.19. The van der Waals surface area contributed by atoms with Crippen LogP contribution in [-0.4, -0.2) is 14.2 Å². The Hall–Kier alpha value is -2.13. The van der Waals surface area contributed by atoms with Gasteiger partial charge in [0.25, 0.3) is 0 Å². The highest BCUT2D eigenvalue weighted by Crippen LogP contribution is 2.45. The lowest BCUT2D eigenvalue weighted by atomic mass is 9.89. The summed E-state index contributed by atoms with van der Waals surface area (Å²) in [6, 6.07) is 20.3. The Bertz CT molecular complexity index is 727. The molecule has 2 fully saturated rings. The molecule has 0 N–H and O–H groups in total. The van der Waals surface area contributed by atoms with Gasteiger partial charge in [-0.1, -0.05) is 60.7 Å². The van der Waals surface area contributed by atoms with Crippen LogP contribution in [0.3, 0.4) is 0 Å². The number of halogens is 4. The van der Waals surface area contributed by atoms with Crippen LogP contribution in [-0.2, 0) is 18.6 Å². The maximum absolute atomic E-state index is 9.75. The van der Waals surface area contributed by atoms with E-state index in [0.29, 0.717) is 12.8 Å². The molecule has 2 atom stereocenters. The van der Waals surface area contributed by atoms with Crippen LogP contribution in [0.2, 0.25) is 0 Å². The lowest BCUT2D eigenvalue weighted by molar-refractivity contribution is -0.124. The first-order valence-corrected chi connectivity index (χ1v) is 9.62. The fourth-order valence-corrected chi connectivity index (χ4v) is 3.51. The Morgan fingerprint density at radius 2 is 1.07 bits per heavy atom. The fourth-order valence-electron chi connectivity index (χ4n) is 3.51. The van der Waals surface area contributed by atoms with Crippen molar-refractivity contribution in [2.24, 2.45) is 0 Å². The molecule has 2 saturated heterocycles. The van der Waals surface area contributed by atoms with E-state index in [1.165, 1.54) is 0 Å². The molecule has 10 heteroatoms. The Labute approximate surface area is 173 Å². The molecule has 2 aliphatic rings. The summed E-state index contributed by atoms with van der Waals surface area (Å²) in [7, 11) is -6.00. The third-order valence-corrected chi connectivity index (χ3v) is 4.64. The molecule has 4 nitrogen and oxygen atoms in total. The van der Waals surface area contributed by atoms with E-state index in [1.807, 2.05) is 50.2 Å². The van der Waals surface area contributed by atoms with Crippen molar-refractivity contribution < 1.29 is 35.9 Å². The Morgan fingerprint density at radius 1 is 0.733 bits per heavy atom. The van der Waals surface area contributed by atoms with Gasteiger partial charge in [0.15, 0.2) is 12.2 Å². The lowest BCUT2D eigenvalue weighted by Gasteiger charge is -2.46. The van der Waals surface area contributed by atoms with Gasteiger partial charge in [-0.15, -0.1) is 0 Å². The van der Waals surface area contributed by atoms with E-state index in [0.717, 1.165) is 23.3 Å². The number of hydrogen-bond donors (Lipinski definition) is 0. The zero-order valence-corrected chi connectivity index (χ0v) is 16.6. The van der Waals surface area contributed by atoms with E-state index in [2.05, 4.69) is 24.3 Å². The Kier molecular flexibility index (Phi) is 7.02. The molecule has 2 heterocycles. The van der Waals surface area contributed by atoms with Crippen molar-refractivity contribution in [2.45, 2.75) is 38.9 Å². The van der Waals surface area contributed by atoms with Gasteiger partial charge in [-0.2, -0.15) is 0 Å². The molecule has 2 unspecified atom stereocenters. The molecule has 2 aromatic rings. The van der Waals surface area contributed by atoms with Gasteiger partial charge in [-0.3, -0.25) is 0 Å². The predicted molar refractivity (Wildman–Crippen MR) is 106 cm³/mol. The summed E-state index contributed by atoms with van der Waals surface area (Å²) in [4.78, 5) is 0. The van der Waals surface area contributed by atoms with E-state index < -0.39 is 14.2 Å². The average molecular weight is 424 g/mol. The van der Waals surface area contributed by atoms with Crippen LogP contribution in [0.5, 0.6) is 0 Å². The van der Waals surface area contributed by atoms with Gasteiger partial charge in [-0.05, 0) is 11.1 Å². The third-order valence-electron chi connectivity index (χ3n) is 4.64. The van der Waals surface area contributed by atoms with Crippen LogP contribution in [0.15, 0.2) is 60.7 Å². The van der Waals surface area contributed by atoms with Crippen LogP contribution in [0, 0.1) is 12.2 Å². The molecule has 160 valence electrons. The predicted octanol–water partition coefficient (Wildman–Crippen LogP) is 6.18. The van der Waals surface area contributed by atoms with Crippen molar-refractivity contribution in [1.29, 1.82) is 0 Å². The van der Waals surface area contributed by atoms with Gasteiger partial charge in [0, 0.05) is 0 Å². The molecular formula is C20H22B2F4O4. The number of rotatable bonds is 2. The molecule has 0 saturated carbocycles. The molecule has 1 spiro atoms. The fraction of sp³-hybridized carbons (Fsp3) is 0.300. The highest BCUT2D eigenvalue weighted by atomic mass is 19.5. The van der Waals surface area contributed by atoms with Crippen molar-refractivity contribution in [3.63, 3.8) is 0 Å². The first-order chi connectivity index (χ1) is 14.1. The molecule has 30 heavy (non-hydrogen) atoms. The monoisotopic (exact) mass is 424 g/mol. The third kappa shape index (κ3) is 6.43. The molecule has 0 radical (unpaired) electrons. The van der Waals surface area contributed by atoms with Gasteiger partial charge >= 0.3 is 14.2 Å². The van der Waals surface area contributed by atoms with Crippen molar-refractivity contribution in [3.05, 3.63) is 84.0 Å². The molecule has 0 bridgehead atoms. The quantitative estimate of drug-likeness (QED) is 0.328. The summed E-state index contributed by atoms with van der Waals surface area (Å²) < 4.78 is 63.5. The minimum Gasteiger partial charge on any atom is -0.505 e. The maximum atomic E-state index is 9.75. The zero-order valence-electron chi connectivity index (χ0n) is 16.6. The minimum absolute atomic E-state index is 0.141. The normalized spacial score (nSPS) is 26.9. The molecule has 2 aromatic carbocycles. The smallest absolute Gasteiger partial charge is 0.505 e. The standard InChI is InChI=1S/C20H22BO4.BF4/c1-15-13-19(17-9-5-3-6-10-17)24-21(22-15)23-16(2)14-20(25-21)18-11-7-4-8-12-18;2-1(3,4)5/h3-12,19-20H,13-14H2,1-2H3;/q+1;-1. The van der Waals surface area contributed by atoms with Crippen LogP contribution >= 0.6 is 0 Å². The van der Waals surface area contributed by atoms with Gasteiger partial charge in [0.05, 0.1) is 12.2 Å². The van der Waals surface area contributed by atoms with Crippen LogP contribution in [0.1, 0.15) is 50.0 Å². The minimum atomic E-state index is -6.00. The van der Waals surface area contributed by atoms with Gasteiger partial charge in [0.2, 0.25) is 0 Å². The second-order valence-electron chi connectivity index (χ2n) is 7.19. The number of hydrogen-bond acceptors (Lipinski definition) is 4. The Morgan fingerprint density at radius 3 is 1.40 bits per heavy atom. The van der Waals surface area contributed by atoms with Crippen molar-refractivity contribution in [1.82, 2.24) is 0 Å². The molecule has 4 rings (SSSR count). The summed E-state index contributed by atoms with van der Waals surface area (Å²) in [5.41, 5.74) is 2.19. The first-order valence-electron chi connectivity index (χ1n) is 9.62. The van der Waals surface area contributed by atoms with Gasteiger partial charge in [0.1, 0.15) is 26.7 Å². The van der Waals surface area contributed by atoms with Crippen molar-refractivity contribution >= 4 is 14.2 Å². The SMILES string of the molecule is C[C+]1CC(c2ccccc2)O[B-]2(O1)O[C+](C)CC(c1ccccc1)O2.F[B-](F)(F)F. The molecule has 0 amide bonds. The summed E-state index contributed by atoms with van der Waals surface area (Å²) >= 11 is 0. The van der Waals surface area contributed by atoms with Crippen LogP contribution in [0.25, 0.3) is 0 Å². The molecule has 0 aliphatic carbocycles. The highest BCUT2D eigenvalue weighted by Gasteiger charge is 2.56. The van der Waals surface area contributed by atoms with Crippen LogP contribution in [0.4, 0.5) is 17.3 Å². The highest BCUT2D eigenvalue weighted by molar-refractivity contribution is 6.54. The topological polar surface area (TPSA) is 36.9 Å². The second kappa shape index (κ2) is 9.34. The molecule has 0 aromatic heterocycles. The lowest BCUT2D eigenvalue weighted by Crippen LogP contribution is -2.56. The molecular weight excluding hydrogens is 402 g/mol. The average Bonchev–Trinajstić information content (AvgIpc) is 2.67. The summed E-state index contributed by atoms with van der Waals surface area (Å²) in [5.74, 6) is 0. The summed E-state index contributed by atoms with van der Waals surface area (Å²) in [5, 5.41) is 0. The van der Waals surface area contributed by atoms with Crippen LogP contribution < -0.4 is 0 Å². The number of benzene rings is 2. The van der Waals surface area contributed by atoms with E-state index >= 15 is 0 Å². The van der Waals surface area contributed by atoms with Gasteiger partial charge < -0.3 is 35.9 Å². The summed E-state index contributed by atoms with van der Waals surface area (Å²) in [6.45, 7) is 1.60. The maximum Gasteiger partial charge on any atom is 0.673 e. The van der Waals surface area contributed by atoms with E-state index in [9.17, 15) is 17.3 Å². The summed E-state index contributed by atoms with van der Waals surface area (Å²) in [6.07, 6.45) is 2.82. The molecule has 2 aliphatic heterocycles. The van der Waals surface area contributed by atoms with Crippen molar-refractivity contribution in [3.8, 4) is 0 Å². The van der Waals surface area contributed by atoms with Gasteiger partial charge in [-0.25, -0.2) is 0 Å². The largest absolute Gasteiger partial charge is 0.673 e. The Balaban J connectivity index is 0.000000461. The zero-order chi connectivity index (χ0) is 21.8.